The molecule has 31 heavy (non-hydrogen) atoms. The van der Waals surface area contributed by atoms with Crippen molar-refractivity contribution in [2.75, 3.05) is 0 Å². The fourth-order valence-electron chi connectivity index (χ4n) is 3.94. The minimum atomic E-state index is -3.38. The molecule has 0 unspecified atom stereocenters. The van der Waals surface area contributed by atoms with Gasteiger partial charge in [-0.25, -0.2) is 0 Å². The number of rotatable bonds is 7. The van der Waals surface area contributed by atoms with Gasteiger partial charge in [0.1, 0.15) is 0 Å². The van der Waals surface area contributed by atoms with Crippen molar-refractivity contribution in [3.63, 3.8) is 0 Å². The van der Waals surface area contributed by atoms with Gasteiger partial charge in [-0.2, -0.15) is 0 Å². The molecule has 0 bridgehead atoms. The third kappa shape index (κ3) is 4.16. The van der Waals surface area contributed by atoms with Crippen molar-refractivity contribution in [3.8, 4) is 0 Å². The summed E-state index contributed by atoms with van der Waals surface area (Å²) >= 11 is 9.62. The van der Waals surface area contributed by atoms with Crippen LogP contribution in [-0.2, 0) is 17.5 Å². The summed E-state index contributed by atoms with van der Waals surface area (Å²) in [6.45, 7) is 1.94. The molecule has 0 saturated heterocycles. The number of hydrogen-bond donors (Lipinski definition) is 1. The normalized spacial score (nSPS) is 12.6. The van der Waals surface area contributed by atoms with Gasteiger partial charge in [0.25, 0.3) is 0 Å². The molecule has 3 nitrogen and oxygen atoms in total. The third-order valence-electron chi connectivity index (χ3n) is 5.43. The number of carbonyl (C=O) groups is 1. The van der Waals surface area contributed by atoms with Gasteiger partial charge in [0.15, 0.2) is 0 Å². The van der Waals surface area contributed by atoms with Crippen LogP contribution in [0, 0.1) is 0 Å². The van der Waals surface area contributed by atoms with Crippen LogP contribution in [-0.4, -0.2) is 10.9 Å². The summed E-state index contributed by atoms with van der Waals surface area (Å²) in [5.41, 5.74) is 0.939. The molecular weight excluding hydrogens is 443 g/mol. The van der Waals surface area contributed by atoms with Gasteiger partial charge in [0.2, 0.25) is 0 Å². The van der Waals surface area contributed by atoms with E-state index >= 15 is 0 Å². The Morgan fingerprint density at radius 2 is 1.32 bits per heavy atom. The fourth-order valence-corrected chi connectivity index (χ4v) is 10.8. The molecule has 0 atom stereocenters. The monoisotopic (exact) mass is 466 g/mol. The maximum absolute atomic E-state index is 11.3. The number of aromatic nitrogens is 1. The van der Waals surface area contributed by atoms with Crippen molar-refractivity contribution >= 4 is 50.4 Å². The zero-order valence-electron chi connectivity index (χ0n) is 17.2. The van der Waals surface area contributed by atoms with Gasteiger partial charge >= 0.3 is 192 Å². The molecule has 4 rings (SSSR count). The Bertz CT molecular complexity index is 1070. The van der Waals surface area contributed by atoms with Crippen molar-refractivity contribution in [2.24, 2.45) is 0 Å². The second kappa shape index (κ2) is 8.92. The van der Waals surface area contributed by atoms with Crippen LogP contribution >= 0.6 is 28.5 Å². The summed E-state index contributed by atoms with van der Waals surface area (Å²) in [4.78, 5) is 16.2. The van der Waals surface area contributed by atoms with Crippen molar-refractivity contribution in [1.82, 2.24) is 10.3 Å². The van der Waals surface area contributed by atoms with Gasteiger partial charge in [-0.15, -0.1) is 0 Å². The molecule has 1 amide bonds. The second-order valence-electron chi connectivity index (χ2n) is 7.49. The Morgan fingerprint density at radius 3 is 1.74 bits per heavy atom. The van der Waals surface area contributed by atoms with Crippen LogP contribution in [0.4, 0.5) is 0 Å². The van der Waals surface area contributed by atoms with Gasteiger partial charge in [-0.05, 0) is 0 Å². The van der Waals surface area contributed by atoms with E-state index < -0.39 is 5.96 Å². The first-order valence-electron chi connectivity index (χ1n) is 10.1. The summed E-state index contributed by atoms with van der Waals surface area (Å²) in [6, 6.07) is 31.2. The Labute approximate surface area is 191 Å². The van der Waals surface area contributed by atoms with E-state index in [1.165, 1.54) is 6.92 Å². The number of thiazole rings is 1. The van der Waals surface area contributed by atoms with Gasteiger partial charge in [-0.3, -0.25) is 0 Å². The molecule has 0 aliphatic rings. The van der Waals surface area contributed by atoms with Gasteiger partial charge in [0.05, 0.1) is 0 Å². The molecule has 0 aliphatic heterocycles. The van der Waals surface area contributed by atoms with Crippen LogP contribution < -0.4 is 21.2 Å². The van der Waals surface area contributed by atoms with Crippen molar-refractivity contribution in [2.45, 2.75) is 19.6 Å². The van der Waals surface area contributed by atoms with E-state index in [2.05, 4.69) is 47.1 Å². The summed E-state index contributed by atoms with van der Waals surface area (Å²) in [5, 5.41) is 9.11. The van der Waals surface area contributed by atoms with Crippen LogP contribution in [0.5, 0.6) is 0 Å². The van der Waals surface area contributed by atoms with Gasteiger partial charge in [0, 0.05) is 0 Å². The molecule has 0 spiro atoms. The molecular formula is C25H24ClN2OPS. The minimum absolute atomic E-state index is 0.0634. The van der Waals surface area contributed by atoms with Crippen LogP contribution in [0.3, 0.4) is 0 Å². The number of carbonyl (C=O) groups excluding carboxylic acids is 1. The number of hydrogen-bond acceptors (Lipinski definition) is 3. The summed E-state index contributed by atoms with van der Waals surface area (Å²) in [6.07, 6.45) is 0.599. The van der Waals surface area contributed by atoms with E-state index in [1.54, 1.807) is 11.3 Å². The van der Waals surface area contributed by atoms with Crippen molar-refractivity contribution in [3.05, 3.63) is 107 Å². The molecule has 1 aromatic heterocycles. The molecule has 4 aromatic rings. The molecule has 0 radical (unpaired) electrons. The van der Waals surface area contributed by atoms with Gasteiger partial charge in [-0.1, -0.05) is 0 Å². The number of amides is 1. The third-order valence-corrected chi connectivity index (χ3v) is 13.5. The van der Waals surface area contributed by atoms with Crippen molar-refractivity contribution < 1.29 is 4.79 Å². The molecule has 6 heteroatoms. The van der Waals surface area contributed by atoms with E-state index in [9.17, 15) is 4.79 Å². The van der Waals surface area contributed by atoms with Crippen LogP contribution in [0.15, 0.2) is 96.4 Å². The summed E-state index contributed by atoms with van der Waals surface area (Å²) in [7, 11) is 0. The predicted molar refractivity (Wildman–Crippen MR) is 134 cm³/mol. The first-order chi connectivity index (χ1) is 15.0. The zero-order chi connectivity index (χ0) is 21.8. The average molecular weight is 467 g/mol. The number of nitrogens with one attached hydrogen (secondary N) is 1. The molecule has 1 heterocycles. The van der Waals surface area contributed by atoms with Crippen LogP contribution in [0.2, 0.25) is 0 Å². The second-order valence-corrected chi connectivity index (χ2v) is 14.9. The number of nitrogens with zero attached hydrogens (tertiary/aromatic N) is 1. The summed E-state index contributed by atoms with van der Waals surface area (Å²) in [5.74, 6) is -3.45. The fraction of sp³-hybridized carbons (Fsp3) is 0.120. The molecule has 0 saturated carbocycles. The predicted octanol–water partition coefficient (Wildman–Crippen LogP) is 4.96. The van der Waals surface area contributed by atoms with E-state index in [1.807, 2.05) is 54.6 Å². The number of halogens is 1. The van der Waals surface area contributed by atoms with E-state index in [4.69, 9.17) is 16.2 Å². The van der Waals surface area contributed by atoms with Crippen LogP contribution in [0.25, 0.3) is 0 Å². The first-order valence-corrected chi connectivity index (χ1v) is 14.3. The summed E-state index contributed by atoms with van der Waals surface area (Å²) < 4.78 is 0. The van der Waals surface area contributed by atoms with E-state index in [-0.39, 0.29) is 5.91 Å². The van der Waals surface area contributed by atoms with E-state index in [0.717, 1.165) is 26.6 Å². The molecule has 158 valence electrons. The van der Waals surface area contributed by atoms with Gasteiger partial charge < -0.3 is 0 Å². The Balaban J connectivity index is 1.92. The topological polar surface area (TPSA) is 42.0 Å². The quantitative estimate of drug-likeness (QED) is 0.391. The number of benzene rings is 3. The van der Waals surface area contributed by atoms with E-state index in [0.29, 0.717) is 12.7 Å². The Morgan fingerprint density at radius 1 is 0.871 bits per heavy atom. The molecule has 0 aliphatic carbocycles. The Hall–Kier alpha value is -2.52. The van der Waals surface area contributed by atoms with Crippen LogP contribution in [0.1, 0.15) is 17.6 Å². The first kappa shape index (κ1) is 21.7. The molecule has 3 aromatic carbocycles. The van der Waals surface area contributed by atoms with Crippen molar-refractivity contribution in [1.29, 1.82) is 0 Å². The maximum atomic E-state index is 11.3. The standard InChI is InChI=1S/C25H24ClN2OPS/c1-20(29)27-17-25-28-21(19-31-25)18-30(26,22-11-5-2-6-12-22,23-13-7-3-8-14-23)24-15-9-4-10-16-24/h2-16,19H,17-18H2,1H3,(H,27,29). The SMILES string of the molecule is CC(=O)NCc1nc(CP(Cl)(c2ccccc2)(c2ccccc2)c2ccccc2)cs1. The Kier molecular flexibility index (Phi) is 6.24. The molecule has 0 fully saturated rings. The molecule has 1 N–H and O–H groups in total. The zero-order valence-corrected chi connectivity index (χ0v) is 19.7. The average Bonchev–Trinajstić information content (AvgIpc) is 3.26.